The number of anilines is 2. The third-order valence-electron chi connectivity index (χ3n) is 4.96. The number of hydrogen-bond donors (Lipinski definition) is 2. The highest BCUT2D eigenvalue weighted by Crippen LogP contribution is 2.38. The van der Waals surface area contributed by atoms with E-state index in [1.165, 1.54) is 6.26 Å². The summed E-state index contributed by atoms with van der Waals surface area (Å²) in [6, 6.07) is 9.06. The fraction of sp³-hybridized carbons (Fsp3) is 0.400. The van der Waals surface area contributed by atoms with Gasteiger partial charge in [0.15, 0.2) is 5.76 Å². The number of amides is 2. The minimum absolute atomic E-state index is 0.0489. The molecular formula is C20H26N4O3. The molecule has 0 fully saturated rings. The summed E-state index contributed by atoms with van der Waals surface area (Å²) in [5.74, 6) is 0.130. The van der Waals surface area contributed by atoms with Crippen molar-refractivity contribution in [2.24, 2.45) is 5.73 Å². The first-order valence-electron chi connectivity index (χ1n) is 9.11. The van der Waals surface area contributed by atoms with Crippen molar-refractivity contribution in [2.75, 3.05) is 36.5 Å². The number of benzene rings is 1. The van der Waals surface area contributed by atoms with Crippen LogP contribution >= 0.6 is 0 Å². The summed E-state index contributed by atoms with van der Waals surface area (Å²) in [6.45, 7) is 5.09. The zero-order chi connectivity index (χ0) is 19.6. The van der Waals surface area contributed by atoms with Crippen LogP contribution < -0.4 is 20.9 Å². The van der Waals surface area contributed by atoms with Crippen molar-refractivity contribution in [1.82, 2.24) is 5.32 Å². The Morgan fingerprint density at radius 2 is 2.11 bits per heavy atom. The second kappa shape index (κ2) is 7.94. The molecule has 7 heteroatoms. The van der Waals surface area contributed by atoms with Crippen LogP contribution in [-0.2, 0) is 4.79 Å². The number of carbonyl (C=O) groups is 2. The van der Waals surface area contributed by atoms with E-state index in [0.29, 0.717) is 18.8 Å². The fourth-order valence-electron chi connectivity index (χ4n) is 3.69. The van der Waals surface area contributed by atoms with E-state index in [-0.39, 0.29) is 29.5 Å². The number of nitrogens with two attached hydrogens (primary N) is 1. The van der Waals surface area contributed by atoms with E-state index in [9.17, 15) is 9.59 Å². The lowest BCUT2D eigenvalue weighted by Gasteiger charge is -2.41. The lowest BCUT2D eigenvalue weighted by molar-refractivity contribution is -0.117. The molecule has 1 unspecified atom stereocenters. The first-order valence-corrected chi connectivity index (χ1v) is 9.11. The minimum Gasteiger partial charge on any atom is -0.459 e. The van der Waals surface area contributed by atoms with Gasteiger partial charge in [-0.15, -0.1) is 0 Å². The van der Waals surface area contributed by atoms with E-state index in [1.54, 1.807) is 28.9 Å². The van der Waals surface area contributed by atoms with Crippen molar-refractivity contribution in [3.8, 4) is 0 Å². The van der Waals surface area contributed by atoms with Crippen LogP contribution in [0.1, 0.15) is 35.9 Å². The molecule has 0 aliphatic carbocycles. The number of fused-ring (bicyclic) bond motifs is 1. The second-order valence-corrected chi connectivity index (χ2v) is 6.87. The molecule has 3 N–H and O–H groups in total. The lowest BCUT2D eigenvalue weighted by Crippen LogP contribution is -2.51. The van der Waals surface area contributed by atoms with Crippen LogP contribution in [0.2, 0.25) is 0 Å². The number of likely N-dealkylation sites (N-methyl/N-ethyl adjacent to an activating group) is 1. The molecule has 0 saturated heterocycles. The quantitative estimate of drug-likeness (QED) is 0.839. The predicted octanol–water partition coefficient (Wildman–Crippen LogP) is 1.94. The SMILES string of the molecule is CNCC(CN)c1ccc2c(c1)N(C(=O)c1ccco1)C[C@H](C)N2C(C)=O. The van der Waals surface area contributed by atoms with E-state index in [0.717, 1.165) is 17.8 Å². The van der Waals surface area contributed by atoms with E-state index in [2.05, 4.69) is 5.32 Å². The first-order chi connectivity index (χ1) is 13.0. The Labute approximate surface area is 159 Å². The van der Waals surface area contributed by atoms with Gasteiger partial charge in [0, 0.05) is 32.5 Å². The standard InChI is InChI=1S/C20H26N4O3/c1-13-12-23(20(26)19-5-4-8-27-19)18-9-15(16(10-21)11-22-3)6-7-17(18)24(13)14(2)25/h4-9,13,16,22H,10-12,21H2,1-3H3/t13-,16?/m0/s1. The van der Waals surface area contributed by atoms with Gasteiger partial charge in [-0.05, 0) is 43.8 Å². The molecule has 0 saturated carbocycles. The van der Waals surface area contributed by atoms with Crippen molar-refractivity contribution in [3.05, 3.63) is 47.9 Å². The van der Waals surface area contributed by atoms with Gasteiger partial charge in [-0.25, -0.2) is 0 Å². The van der Waals surface area contributed by atoms with Gasteiger partial charge in [0.05, 0.1) is 23.7 Å². The van der Waals surface area contributed by atoms with Crippen molar-refractivity contribution in [2.45, 2.75) is 25.8 Å². The number of furan rings is 1. The Morgan fingerprint density at radius 3 is 2.70 bits per heavy atom. The average Bonchev–Trinajstić information content (AvgIpc) is 3.19. The molecule has 0 bridgehead atoms. The van der Waals surface area contributed by atoms with Crippen LogP contribution in [0.15, 0.2) is 41.0 Å². The van der Waals surface area contributed by atoms with E-state index in [4.69, 9.17) is 10.2 Å². The van der Waals surface area contributed by atoms with Gasteiger partial charge in [-0.3, -0.25) is 9.59 Å². The van der Waals surface area contributed by atoms with E-state index in [1.807, 2.05) is 32.2 Å². The topological polar surface area (TPSA) is 91.8 Å². The van der Waals surface area contributed by atoms with Gasteiger partial charge in [-0.1, -0.05) is 6.07 Å². The van der Waals surface area contributed by atoms with Crippen molar-refractivity contribution in [3.63, 3.8) is 0 Å². The molecular weight excluding hydrogens is 344 g/mol. The first kappa shape index (κ1) is 19.1. The Hall–Kier alpha value is -2.64. The highest BCUT2D eigenvalue weighted by molar-refractivity contribution is 6.09. The van der Waals surface area contributed by atoms with Gasteiger partial charge in [0.2, 0.25) is 5.91 Å². The number of nitrogens with zero attached hydrogens (tertiary/aromatic N) is 2. The average molecular weight is 370 g/mol. The molecule has 2 amide bonds. The summed E-state index contributed by atoms with van der Waals surface area (Å²) in [4.78, 5) is 28.7. The Bertz CT molecular complexity index is 819. The van der Waals surface area contributed by atoms with Crippen molar-refractivity contribution >= 4 is 23.2 Å². The fourth-order valence-corrected chi connectivity index (χ4v) is 3.69. The third-order valence-corrected chi connectivity index (χ3v) is 4.96. The van der Waals surface area contributed by atoms with Crippen LogP contribution in [0.25, 0.3) is 0 Å². The zero-order valence-corrected chi connectivity index (χ0v) is 15.9. The highest BCUT2D eigenvalue weighted by atomic mass is 16.3. The molecule has 1 aromatic heterocycles. The maximum atomic E-state index is 13.0. The lowest BCUT2D eigenvalue weighted by atomic mass is 9.96. The normalized spacial score (nSPS) is 17.6. The third kappa shape index (κ3) is 3.61. The maximum absolute atomic E-state index is 13.0. The summed E-state index contributed by atoms with van der Waals surface area (Å²) in [5, 5.41) is 3.15. The molecule has 2 heterocycles. The smallest absolute Gasteiger partial charge is 0.294 e. The molecule has 2 aromatic rings. The van der Waals surface area contributed by atoms with Gasteiger partial charge in [-0.2, -0.15) is 0 Å². The Kier molecular flexibility index (Phi) is 5.62. The Morgan fingerprint density at radius 1 is 1.33 bits per heavy atom. The number of rotatable bonds is 5. The summed E-state index contributed by atoms with van der Waals surface area (Å²) < 4.78 is 5.31. The van der Waals surface area contributed by atoms with Gasteiger partial charge in [0.25, 0.3) is 5.91 Å². The van der Waals surface area contributed by atoms with Crippen molar-refractivity contribution < 1.29 is 14.0 Å². The molecule has 7 nitrogen and oxygen atoms in total. The largest absolute Gasteiger partial charge is 0.459 e. The minimum atomic E-state index is -0.216. The number of nitrogens with one attached hydrogen (secondary N) is 1. The highest BCUT2D eigenvalue weighted by Gasteiger charge is 2.35. The second-order valence-electron chi connectivity index (χ2n) is 6.87. The van der Waals surface area contributed by atoms with Gasteiger partial charge in [0.1, 0.15) is 0 Å². The van der Waals surface area contributed by atoms with Crippen LogP contribution in [-0.4, -0.2) is 44.5 Å². The molecule has 27 heavy (non-hydrogen) atoms. The Balaban J connectivity index is 2.09. The molecule has 0 spiro atoms. The van der Waals surface area contributed by atoms with Crippen LogP contribution in [0.4, 0.5) is 11.4 Å². The van der Waals surface area contributed by atoms with Crippen LogP contribution in [0.3, 0.4) is 0 Å². The maximum Gasteiger partial charge on any atom is 0.294 e. The van der Waals surface area contributed by atoms with Crippen LogP contribution in [0, 0.1) is 0 Å². The van der Waals surface area contributed by atoms with Crippen LogP contribution in [0.5, 0.6) is 0 Å². The molecule has 1 aliphatic rings. The summed E-state index contributed by atoms with van der Waals surface area (Å²) in [6.07, 6.45) is 1.48. The van der Waals surface area contributed by atoms with E-state index >= 15 is 0 Å². The van der Waals surface area contributed by atoms with Gasteiger partial charge >= 0.3 is 0 Å². The summed E-state index contributed by atoms with van der Waals surface area (Å²) in [7, 11) is 1.88. The summed E-state index contributed by atoms with van der Waals surface area (Å²) in [5.41, 5.74) is 8.40. The molecule has 1 aromatic carbocycles. The molecule has 0 radical (unpaired) electrons. The number of carbonyl (C=O) groups excluding carboxylic acids is 2. The predicted molar refractivity (Wildman–Crippen MR) is 105 cm³/mol. The molecule has 2 atom stereocenters. The summed E-state index contributed by atoms with van der Waals surface area (Å²) >= 11 is 0. The zero-order valence-electron chi connectivity index (χ0n) is 15.9. The van der Waals surface area contributed by atoms with Gasteiger partial charge < -0.3 is 25.3 Å². The molecule has 3 rings (SSSR count). The molecule has 1 aliphatic heterocycles. The van der Waals surface area contributed by atoms with E-state index < -0.39 is 0 Å². The monoisotopic (exact) mass is 370 g/mol. The van der Waals surface area contributed by atoms with Crippen molar-refractivity contribution in [1.29, 1.82) is 0 Å². The molecule has 144 valence electrons. The number of hydrogen-bond acceptors (Lipinski definition) is 5.